The van der Waals surface area contributed by atoms with E-state index in [2.05, 4.69) is 10.3 Å². The minimum absolute atomic E-state index is 0.118. The van der Waals surface area contributed by atoms with Gasteiger partial charge in [0.1, 0.15) is 11.7 Å². The number of carbonyl (C=O) groups is 2. The summed E-state index contributed by atoms with van der Waals surface area (Å²) in [5, 5.41) is 14.2. The normalized spacial score (nSPS) is 13.3. The molecule has 1 aromatic heterocycles. The Morgan fingerprint density at radius 2 is 2.00 bits per heavy atom. The monoisotopic (exact) mass is 298 g/mol. The predicted octanol–water partition coefficient (Wildman–Crippen LogP) is 2.67. The van der Waals surface area contributed by atoms with Crippen molar-refractivity contribution in [3.05, 3.63) is 16.1 Å². The van der Waals surface area contributed by atoms with Crippen molar-refractivity contribution in [1.82, 2.24) is 10.3 Å². The third-order valence-corrected chi connectivity index (χ3v) is 3.96. The van der Waals surface area contributed by atoms with Gasteiger partial charge in [0.25, 0.3) is 5.91 Å². The standard InChI is InChI=1S/C14H22N2O3S/c1-8(2)6-9(12(18)19)15-11(17)10-7-20-13(16-10)14(3,4)5/h7-9H,6H2,1-5H3,(H,15,17)(H,18,19). The quantitative estimate of drug-likeness (QED) is 0.876. The molecular formula is C14H22N2O3S. The second kappa shape index (κ2) is 6.35. The Morgan fingerprint density at radius 3 is 2.40 bits per heavy atom. The van der Waals surface area contributed by atoms with Crippen LogP contribution in [0.25, 0.3) is 0 Å². The Balaban J connectivity index is 2.79. The summed E-state index contributed by atoms with van der Waals surface area (Å²) in [6.07, 6.45) is 0.400. The Bertz CT molecular complexity index is 489. The van der Waals surface area contributed by atoms with Gasteiger partial charge < -0.3 is 10.4 Å². The molecule has 2 N–H and O–H groups in total. The van der Waals surface area contributed by atoms with Gasteiger partial charge in [0.05, 0.1) is 5.01 Å². The van der Waals surface area contributed by atoms with E-state index in [9.17, 15) is 9.59 Å². The molecule has 0 fully saturated rings. The van der Waals surface area contributed by atoms with E-state index in [0.29, 0.717) is 6.42 Å². The number of hydrogen-bond donors (Lipinski definition) is 2. The van der Waals surface area contributed by atoms with Crippen molar-refractivity contribution in [2.75, 3.05) is 0 Å². The van der Waals surface area contributed by atoms with Gasteiger partial charge in [0.15, 0.2) is 0 Å². The maximum absolute atomic E-state index is 12.1. The first-order valence-electron chi connectivity index (χ1n) is 6.61. The van der Waals surface area contributed by atoms with Crippen molar-refractivity contribution in [3.63, 3.8) is 0 Å². The highest BCUT2D eigenvalue weighted by atomic mass is 32.1. The molecule has 0 aliphatic rings. The van der Waals surface area contributed by atoms with E-state index in [1.807, 2.05) is 34.6 Å². The first-order valence-corrected chi connectivity index (χ1v) is 7.49. The van der Waals surface area contributed by atoms with Gasteiger partial charge in [-0.15, -0.1) is 11.3 Å². The minimum atomic E-state index is -1.02. The van der Waals surface area contributed by atoms with Crippen LogP contribution in [0.15, 0.2) is 5.38 Å². The zero-order chi connectivity index (χ0) is 15.5. The fourth-order valence-corrected chi connectivity index (χ4v) is 2.54. The lowest BCUT2D eigenvalue weighted by atomic mass is 9.98. The zero-order valence-electron chi connectivity index (χ0n) is 12.6. The SMILES string of the molecule is CC(C)CC(NC(=O)c1csc(C(C)(C)C)n1)C(=O)O. The molecule has 6 heteroatoms. The summed E-state index contributed by atoms with van der Waals surface area (Å²) in [4.78, 5) is 27.5. The lowest BCUT2D eigenvalue weighted by Crippen LogP contribution is -2.41. The smallest absolute Gasteiger partial charge is 0.326 e. The number of thiazole rings is 1. The maximum Gasteiger partial charge on any atom is 0.326 e. The maximum atomic E-state index is 12.1. The van der Waals surface area contributed by atoms with Gasteiger partial charge in [0, 0.05) is 10.8 Å². The molecule has 20 heavy (non-hydrogen) atoms. The highest BCUT2D eigenvalue weighted by Gasteiger charge is 2.24. The van der Waals surface area contributed by atoms with Crippen molar-refractivity contribution >= 4 is 23.2 Å². The summed E-state index contributed by atoms with van der Waals surface area (Å²) in [6.45, 7) is 9.90. The number of aliphatic carboxylic acids is 1. The summed E-state index contributed by atoms with van der Waals surface area (Å²) >= 11 is 1.41. The number of amides is 1. The molecule has 1 unspecified atom stereocenters. The van der Waals surface area contributed by atoms with Crippen molar-refractivity contribution < 1.29 is 14.7 Å². The molecule has 0 aliphatic carbocycles. The van der Waals surface area contributed by atoms with Crippen LogP contribution < -0.4 is 5.32 Å². The van der Waals surface area contributed by atoms with E-state index in [1.165, 1.54) is 11.3 Å². The zero-order valence-corrected chi connectivity index (χ0v) is 13.4. The van der Waals surface area contributed by atoms with E-state index in [1.54, 1.807) is 5.38 Å². The molecule has 5 nitrogen and oxygen atoms in total. The van der Waals surface area contributed by atoms with Crippen LogP contribution in [0.2, 0.25) is 0 Å². The van der Waals surface area contributed by atoms with Gasteiger partial charge in [-0.3, -0.25) is 4.79 Å². The van der Waals surface area contributed by atoms with Gasteiger partial charge in [0.2, 0.25) is 0 Å². The minimum Gasteiger partial charge on any atom is -0.480 e. The van der Waals surface area contributed by atoms with E-state index >= 15 is 0 Å². The van der Waals surface area contributed by atoms with Crippen LogP contribution in [0.4, 0.5) is 0 Å². The van der Waals surface area contributed by atoms with Gasteiger partial charge >= 0.3 is 5.97 Å². The van der Waals surface area contributed by atoms with Gasteiger partial charge in [-0.05, 0) is 12.3 Å². The highest BCUT2D eigenvalue weighted by Crippen LogP contribution is 2.25. The molecule has 1 heterocycles. The molecule has 1 atom stereocenters. The van der Waals surface area contributed by atoms with E-state index in [-0.39, 0.29) is 17.0 Å². The summed E-state index contributed by atoms with van der Waals surface area (Å²) in [7, 11) is 0. The van der Waals surface area contributed by atoms with Crippen molar-refractivity contribution in [3.8, 4) is 0 Å². The van der Waals surface area contributed by atoms with Gasteiger partial charge in [-0.2, -0.15) is 0 Å². The molecule has 112 valence electrons. The number of nitrogens with one attached hydrogen (secondary N) is 1. The molecular weight excluding hydrogens is 276 g/mol. The third-order valence-electron chi connectivity index (χ3n) is 2.69. The molecule has 0 spiro atoms. The molecule has 1 aromatic rings. The fourth-order valence-electron chi connectivity index (χ4n) is 1.65. The lowest BCUT2D eigenvalue weighted by molar-refractivity contribution is -0.139. The Hall–Kier alpha value is -1.43. The van der Waals surface area contributed by atoms with Crippen LogP contribution in [0.5, 0.6) is 0 Å². The molecule has 0 bridgehead atoms. The van der Waals surface area contributed by atoms with Crippen molar-refractivity contribution in [2.45, 2.75) is 52.5 Å². The summed E-state index contributed by atoms with van der Waals surface area (Å²) in [5.74, 6) is -1.25. The fraction of sp³-hybridized carbons (Fsp3) is 0.643. The number of rotatable bonds is 5. The predicted molar refractivity (Wildman–Crippen MR) is 79.2 cm³/mol. The Labute approximate surface area is 123 Å². The van der Waals surface area contributed by atoms with Gasteiger partial charge in [-0.25, -0.2) is 9.78 Å². The number of aromatic nitrogens is 1. The average Bonchev–Trinajstić information content (AvgIpc) is 2.75. The third kappa shape index (κ3) is 4.59. The Kier molecular flexibility index (Phi) is 5.28. The average molecular weight is 298 g/mol. The van der Waals surface area contributed by atoms with Crippen molar-refractivity contribution in [1.29, 1.82) is 0 Å². The summed E-state index contributed by atoms with van der Waals surface area (Å²) in [6, 6.07) is -0.873. The first-order chi connectivity index (χ1) is 9.11. The lowest BCUT2D eigenvalue weighted by Gasteiger charge is -2.16. The van der Waals surface area contributed by atoms with Crippen LogP contribution in [0.3, 0.4) is 0 Å². The Morgan fingerprint density at radius 1 is 1.40 bits per heavy atom. The number of hydrogen-bond acceptors (Lipinski definition) is 4. The van der Waals surface area contributed by atoms with E-state index < -0.39 is 17.9 Å². The molecule has 0 saturated heterocycles. The molecule has 0 aliphatic heterocycles. The number of carbonyl (C=O) groups excluding carboxylic acids is 1. The molecule has 0 radical (unpaired) electrons. The second-order valence-electron chi connectivity index (χ2n) is 6.28. The summed E-state index contributed by atoms with van der Waals surface area (Å²) < 4.78 is 0. The number of carboxylic acids is 1. The summed E-state index contributed by atoms with van der Waals surface area (Å²) in [5.41, 5.74) is 0.169. The van der Waals surface area contributed by atoms with Crippen molar-refractivity contribution in [2.24, 2.45) is 5.92 Å². The van der Waals surface area contributed by atoms with Crippen LogP contribution in [-0.4, -0.2) is 28.0 Å². The van der Waals surface area contributed by atoms with E-state index in [0.717, 1.165) is 5.01 Å². The van der Waals surface area contributed by atoms with E-state index in [4.69, 9.17) is 5.11 Å². The number of nitrogens with zero attached hydrogens (tertiary/aromatic N) is 1. The molecule has 1 rings (SSSR count). The van der Waals surface area contributed by atoms with Crippen LogP contribution in [0, 0.1) is 5.92 Å². The van der Waals surface area contributed by atoms with Gasteiger partial charge in [-0.1, -0.05) is 34.6 Å². The van der Waals surface area contributed by atoms with Crippen LogP contribution >= 0.6 is 11.3 Å². The molecule has 1 amide bonds. The topological polar surface area (TPSA) is 79.3 Å². The highest BCUT2D eigenvalue weighted by molar-refractivity contribution is 7.10. The molecule has 0 saturated carbocycles. The van der Waals surface area contributed by atoms with Crippen LogP contribution in [-0.2, 0) is 10.2 Å². The first kappa shape index (κ1) is 16.6. The largest absolute Gasteiger partial charge is 0.480 e. The number of carboxylic acid groups (broad SMARTS) is 1. The van der Waals surface area contributed by atoms with Crippen LogP contribution in [0.1, 0.15) is 56.5 Å². The molecule has 0 aromatic carbocycles. The second-order valence-corrected chi connectivity index (χ2v) is 7.14.